The maximum Gasteiger partial charge on any atom is 0.334 e. The van der Waals surface area contributed by atoms with Crippen molar-refractivity contribution >= 4 is 23.5 Å². The molecule has 2 saturated heterocycles. The number of benzene rings is 3. The molecule has 10 heteroatoms. The van der Waals surface area contributed by atoms with Gasteiger partial charge in [-0.05, 0) is 61.7 Å². The highest BCUT2D eigenvalue weighted by Crippen LogP contribution is 2.34. The van der Waals surface area contributed by atoms with Gasteiger partial charge in [0.05, 0.1) is 19.1 Å². The Morgan fingerprint density at radius 3 is 2.36 bits per heavy atom. The second-order valence-electron chi connectivity index (χ2n) is 11.9. The number of amides is 4. The van der Waals surface area contributed by atoms with E-state index in [0.717, 1.165) is 22.4 Å². The number of phenolic OH excluding ortho intramolecular Hbond substituents is 1. The lowest BCUT2D eigenvalue weighted by Crippen LogP contribution is -2.76. The highest BCUT2D eigenvalue weighted by Gasteiger charge is 2.51. The monoisotopic (exact) mass is 598 g/mol. The number of carbonyl (C=O) groups is 3. The number of hydrazine groups is 1. The molecule has 5 rings (SSSR count). The van der Waals surface area contributed by atoms with E-state index in [0.29, 0.717) is 12.6 Å². The molecular formula is C34H42N6O4. The summed E-state index contributed by atoms with van der Waals surface area (Å²) >= 11 is 0. The largest absolute Gasteiger partial charge is 0.508 e. The number of fused-ring (bicyclic) bond motifs is 1. The van der Waals surface area contributed by atoms with Gasteiger partial charge < -0.3 is 25.1 Å². The SMILES string of the molecule is CC(C)N(C)c1cccc([C@@H](C)N2C[C@H]3N(C(=O)CN(C)N3C(=O)NCc3ccccc3)[C@@H](Cc3ccc(O)cc3)C2=O)c1. The molecule has 3 aromatic rings. The van der Waals surface area contributed by atoms with Crippen molar-refractivity contribution in [1.82, 2.24) is 25.1 Å². The number of rotatable bonds is 8. The van der Waals surface area contributed by atoms with Crippen molar-refractivity contribution in [2.45, 2.75) is 58.0 Å². The first-order chi connectivity index (χ1) is 21.0. The van der Waals surface area contributed by atoms with Crippen molar-refractivity contribution in [3.63, 3.8) is 0 Å². The summed E-state index contributed by atoms with van der Waals surface area (Å²) in [7, 11) is 3.77. The summed E-state index contributed by atoms with van der Waals surface area (Å²) in [5.41, 5.74) is 3.78. The van der Waals surface area contributed by atoms with Crippen molar-refractivity contribution in [3.8, 4) is 5.75 Å². The van der Waals surface area contributed by atoms with Gasteiger partial charge in [0.15, 0.2) is 0 Å². The predicted octanol–water partition coefficient (Wildman–Crippen LogP) is 3.98. The fourth-order valence-corrected chi connectivity index (χ4v) is 6.01. The Balaban J connectivity index is 1.49. The number of anilines is 1. The highest BCUT2D eigenvalue weighted by molar-refractivity contribution is 5.92. The van der Waals surface area contributed by atoms with Crippen LogP contribution in [-0.2, 0) is 22.6 Å². The Morgan fingerprint density at radius 1 is 0.977 bits per heavy atom. The van der Waals surface area contributed by atoms with Crippen molar-refractivity contribution in [1.29, 1.82) is 0 Å². The molecule has 0 unspecified atom stereocenters. The lowest BCUT2D eigenvalue weighted by Gasteiger charge is -2.55. The summed E-state index contributed by atoms with van der Waals surface area (Å²) in [6.07, 6.45) is -0.454. The van der Waals surface area contributed by atoms with Crippen LogP contribution in [0.5, 0.6) is 5.75 Å². The van der Waals surface area contributed by atoms with Gasteiger partial charge in [-0.2, -0.15) is 0 Å². The zero-order chi connectivity index (χ0) is 31.5. The van der Waals surface area contributed by atoms with E-state index in [2.05, 4.69) is 36.2 Å². The summed E-state index contributed by atoms with van der Waals surface area (Å²) in [5, 5.41) is 16.1. The average molecular weight is 599 g/mol. The van der Waals surface area contributed by atoms with Gasteiger partial charge in [0, 0.05) is 38.8 Å². The molecule has 0 radical (unpaired) electrons. The van der Waals surface area contributed by atoms with E-state index in [-0.39, 0.29) is 49.1 Å². The molecule has 2 aliphatic rings. The van der Waals surface area contributed by atoms with Gasteiger partial charge in [-0.3, -0.25) is 9.59 Å². The van der Waals surface area contributed by atoms with Crippen LogP contribution in [0.2, 0.25) is 0 Å². The minimum atomic E-state index is -0.826. The van der Waals surface area contributed by atoms with E-state index < -0.39 is 12.2 Å². The van der Waals surface area contributed by atoms with Gasteiger partial charge in [0.1, 0.15) is 18.0 Å². The number of aromatic hydroxyl groups is 1. The standard InChI is InChI=1S/C34H42N6O4/c1-23(2)37(5)28-13-9-12-27(19-28)24(3)38-21-31-39(30(33(38)43)18-25-14-16-29(41)17-15-25)32(42)22-36(4)40(31)34(44)35-20-26-10-7-6-8-11-26/h6-17,19,23-24,30-31,41H,18,20-22H2,1-5H3,(H,35,44)/t24-,30+,31+/m1/s1. The van der Waals surface area contributed by atoms with Crippen LogP contribution in [0.25, 0.3) is 0 Å². The number of nitrogens with one attached hydrogen (secondary N) is 1. The minimum Gasteiger partial charge on any atom is -0.508 e. The number of likely N-dealkylation sites (N-methyl/N-ethyl adjacent to an activating group) is 1. The van der Waals surface area contributed by atoms with E-state index in [1.54, 1.807) is 51.1 Å². The molecule has 2 N–H and O–H groups in total. The second-order valence-corrected chi connectivity index (χ2v) is 11.9. The third-order valence-electron chi connectivity index (χ3n) is 8.75. The average Bonchev–Trinajstić information content (AvgIpc) is 3.01. The first-order valence-corrected chi connectivity index (χ1v) is 15.1. The highest BCUT2D eigenvalue weighted by atomic mass is 16.3. The van der Waals surface area contributed by atoms with E-state index >= 15 is 0 Å². The Kier molecular flexibility index (Phi) is 9.10. The summed E-state index contributed by atoms with van der Waals surface area (Å²) in [4.78, 5) is 47.3. The molecule has 2 aliphatic heterocycles. The predicted molar refractivity (Wildman–Crippen MR) is 169 cm³/mol. The molecule has 3 aromatic carbocycles. The lowest BCUT2D eigenvalue weighted by molar-refractivity contribution is -0.189. The smallest absolute Gasteiger partial charge is 0.334 e. The minimum absolute atomic E-state index is 0.0340. The number of piperazine rings is 1. The molecular weight excluding hydrogens is 556 g/mol. The number of urea groups is 1. The zero-order valence-corrected chi connectivity index (χ0v) is 26.1. The molecule has 0 saturated carbocycles. The Bertz CT molecular complexity index is 1480. The molecule has 2 fully saturated rings. The van der Waals surface area contributed by atoms with Crippen molar-refractivity contribution in [2.24, 2.45) is 0 Å². The third kappa shape index (κ3) is 6.35. The number of hydrogen-bond acceptors (Lipinski definition) is 6. The molecule has 0 bridgehead atoms. The summed E-state index contributed by atoms with van der Waals surface area (Å²) in [6, 6.07) is 23.3. The topological polar surface area (TPSA) is 99.7 Å². The number of hydrogen-bond donors (Lipinski definition) is 2. The number of phenols is 1. The Hall–Kier alpha value is -4.57. The summed E-state index contributed by atoms with van der Waals surface area (Å²) in [5.74, 6) is -0.262. The molecule has 0 aliphatic carbocycles. The van der Waals surface area contributed by atoms with Gasteiger partial charge in [0.2, 0.25) is 11.8 Å². The zero-order valence-electron chi connectivity index (χ0n) is 26.1. The molecule has 10 nitrogen and oxygen atoms in total. The first kappa shape index (κ1) is 30.9. The van der Waals surface area contributed by atoms with Gasteiger partial charge >= 0.3 is 6.03 Å². The van der Waals surface area contributed by atoms with Crippen LogP contribution in [0.1, 0.15) is 43.5 Å². The van der Waals surface area contributed by atoms with E-state index in [1.807, 2.05) is 56.4 Å². The summed E-state index contributed by atoms with van der Waals surface area (Å²) < 4.78 is 0. The number of nitrogens with zero attached hydrogens (tertiary/aromatic N) is 5. The Labute approximate surface area is 259 Å². The molecule has 44 heavy (non-hydrogen) atoms. The molecule has 0 spiro atoms. The summed E-state index contributed by atoms with van der Waals surface area (Å²) in [6.45, 7) is 6.70. The van der Waals surface area contributed by atoms with E-state index in [4.69, 9.17) is 0 Å². The second kappa shape index (κ2) is 13.0. The lowest BCUT2D eigenvalue weighted by atomic mass is 9.96. The fraction of sp³-hybridized carbons (Fsp3) is 0.382. The van der Waals surface area contributed by atoms with Gasteiger partial charge in [0.25, 0.3) is 0 Å². The molecule has 0 aromatic heterocycles. The maximum atomic E-state index is 14.3. The number of carbonyl (C=O) groups excluding carboxylic acids is 3. The van der Waals surface area contributed by atoms with Crippen LogP contribution in [0.15, 0.2) is 78.9 Å². The van der Waals surface area contributed by atoms with Gasteiger partial charge in [-0.25, -0.2) is 14.8 Å². The van der Waals surface area contributed by atoms with Gasteiger partial charge in [-0.15, -0.1) is 0 Å². The van der Waals surface area contributed by atoms with Crippen LogP contribution in [-0.4, -0.2) is 88.2 Å². The molecule has 4 amide bonds. The van der Waals surface area contributed by atoms with Crippen LogP contribution < -0.4 is 10.2 Å². The van der Waals surface area contributed by atoms with E-state index in [1.165, 1.54) is 0 Å². The maximum absolute atomic E-state index is 14.3. The van der Waals surface area contributed by atoms with Crippen molar-refractivity contribution in [2.75, 3.05) is 32.1 Å². The first-order valence-electron chi connectivity index (χ1n) is 15.1. The Morgan fingerprint density at radius 2 is 1.68 bits per heavy atom. The quantitative estimate of drug-likeness (QED) is 0.407. The molecule has 232 valence electrons. The normalized spacial score (nSPS) is 19.6. The third-order valence-corrected chi connectivity index (χ3v) is 8.75. The van der Waals surface area contributed by atoms with Crippen LogP contribution in [0, 0.1) is 0 Å². The van der Waals surface area contributed by atoms with Crippen LogP contribution in [0.4, 0.5) is 10.5 Å². The molecule has 2 heterocycles. The van der Waals surface area contributed by atoms with Crippen LogP contribution in [0.3, 0.4) is 0 Å². The van der Waals surface area contributed by atoms with Crippen molar-refractivity contribution < 1.29 is 19.5 Å². The van der Waals surface area contributed by atoms with E-state index in [9.17, 15) is 19.5 Å². The fourth-order valence-electron chi connectivity index (χ4n) is 6.01. The molecule has 3 atom stereocenters. The van der Waals surface area contributed by atoms with Crippen LogP contribution >= 0.6 is 0 Å². The van der Waals surface area contributed by atoms with Crippen molar-refractivity contribution in [3.05, 3.63) is 95.6 Å². The van der Waals surface area contributed by atoms with Gasteiger partial charge in [-0.1, -0.05) is 54.6 Å².